The first kappa shape index (κ1) is 11.2. The van der Waals surface area contributed by atoms with Crippen LogP contribution in [0, 0.1) is 12.8 Å². The van der Waals surface area contributed by atoms with Crippen LogP contribution in [0.25, 0.3) is 0 Å². The zero-order valence-corrected chi connectivity index (χ0v) is 8.57. The summed E-state index contributed by atoms with van der Waals surface area (Å²) in [5, 5.41) is 0. The molecule has 79 valence electrons. The van der Waals surface area contributed by atoms with Gasteiger partial charge in [-0.15, -0.1) is 0 Å². The Morgan fingerprint density at radius 1 is 1.79 bits per heavy atom. The molecule has 3 heteroatoms. The molecule has 1 heterocycles. The Labute approximate surface area is 85.1 Å². The Bertz CT molecular complexity index is 213. The van der Waals surface area contributed by atoms with Crippen LogP contribution in [-0.2, 0) is 14.3 Å². The molecule has 0 N–H and O–H groups in total. The average molecular weight is 197 g/mol. The minimum atomic E-state index is -0.359. The lowest BCUT2D eigenvalue weighted by atomic mass is 9.99. The molecular formula is C11H17O3. The summed E-state index contributed by atoms with van der Waals surface area (Å²) in [5.74, 6) is 0.104. The van der Waals surface area contributed by atoms with Gasteiger partial charge in [0.1, 0.15) is 0 Å². The first-order chi connectivity index (χ1) is 6.61. The maximum absolute atomic E-state index is 10.9. The van der Waals surface area contributed by atoms with Crippen molar-refractivity contribution in [3.63, 3.8) is 0 Å². The molecule has 1 saturated heterocycles. The van der Waals surface area contributed by atoms with Gasteiger partial charge in [-0.25, -0.2) is 4.79 Å². The lowest BCUT2D eigenvalue weighted by Crippen LogP contribution is -2.17. The maximum Gasteiger partial charge on any atom is 0.330 e. The van der Waals surface area contributed by atoms with Gasteiger partial charge in [0.15, 0.2) is 0 Å². The molecule has 3 nitrogen and oxygen atoms in total. The van der Waals surface area contributed by atoms with Gasteiger partial charge in [-0.3, -0.25) is 0 Å². The summed E-state index contributed by atoms with van der Waals surface area (Å²) in [5.41, 5.74) is 0. The SMILES string of the molecule is [CH2]C1CC(CC(C)OC(=O)C=C)CO1. The maximum atomic E-state index is 10.9. The highest BCUT2D eigenvalue weighted by atomic mass is 16.5. The van der Waals surface area contributed by atoms with Crippen molar-refractivity contribution in [2.45, 2.75) is 32.0 Å². The van der Waals surface area contributed by atoms with E-state index in [9.17, 15) is 4.79 Å². The molecule has 3 unspecified atom stereocenters. The number of hydrogen-bond donors (Lipinski definition) is 0. The monoisotopic (exact) mass is 197 g/mol. The molecule has 3 atom stereocenters. The summed E-state index contributed by atoms with van der Waals surface area (Å²) in [4.78, 5) is 10.9. The molecule has 1 fully saturated rings. The van der Waals surface area contributed by atoms with E-state index in [1.807, 2.05) is 6.92 Å². The second kappa shape index (κ2) is 5.15. The number of hydrogen-bond acceptors (Lipinski definition) is 3. The molecule has 1 aliphatic rings. The number of carbonyl (C=O) groups is 1. The van der Waals surface area contributed by atoms with E-state index in [2.05, 4.69) is 13.5 Å². The van der Waals surface area contributed by atoms with Crippen LogP contribution < -0.4 is 0 Å². The van der Waals surface area contributed by atoms with E-state index in [0.29, 0.717) is 5.92 Å². The topological polar surface area (TPSA) is 35.5 Å². The van der Waals surface area contributed by atoms with Gasteiger partial charge >= 0.3 is 5.97 Å². The molecule has 1 aliphatic heterocycles. The predicted octanol–water partition coefficient (Wildman–Crippen LogP) is 1.73. The molecule has 0 aliphatic carbocycles. The predicted molar refractivity (Wildman–Crippen MR) is 53.6 cm³/mol. The third-order valence-corrected chi connectivity index (χ3v) is 2.31. The Hall–Kier alpha value is -0.830. The fraction of sp³-hybridized carbons (Fsp3) is 0.636. The van der Waals surface area contributed by atoms with Crippen LogP contribution in [0.1, 0.15) is 19.8 Å². The van der Waals surface area contributed by atoms with Crippen LogP contribution in [0.5, 0.6) is 0 Å². The number of ether oxygens (including phenoxy) is 2. The first-order valence-corrected chi connectivity index (χ1v) is 4.89. The third-order valence-electron chi connectivity index (χ3n) is 2.31. The van der Waals surface area contributed by atoms with Crippen molar-refractivity contribution in [3.8, 4) is 0 Å². The molecule has 0 amide bonds. The lowest BCUT2D eigenvalue weighted by molar-refractivity contribution is -0.142. The summed E-state index contributed by atoms with van der Waals surface area (Å²) < 4.78 is 10.4. The van der Waals surface area contributed by atoms with Crippen LogP contribution >= 0.6 is 0 Å². The van der Waals surface area contributed by atoms with Crippen molar-refractivity contribution >= 4 is 5.97 Å². The first-order valence-electron chi connectivity index (χ1n) is 4.89. The molecule has 1 radical (unpaired) electrons. The Morgan fingerprint density at radius 3 is 3.00 bits per heavy atom. The van der Waals surface area contributed by atoms with E-state index >= 15 is 0 Å². The van der Waals surface area contributed by atoms with Crippen LogP contribution in [0.3, 0.4) is 0 Å². The van der Waals surface area contributed by atoms with Crippen LogP contribution in [0.15, 0.2) is 12.7 Å². The highest BCUT2D eigenvalue weighted by Gasteiger charge is 2.24. The summed E-state index contributed by atoms with van der Waals surface area (Å²) in [7, 11) is 0. The molecule has 0 bridgehead atoms. The molecule has 0 aromatic carbocycles. The fourth-order valence-electron chi connectivity index (χ4n) is 1.71. The van der Waals surface area contributed by atoms with E-state index in [1.165, 1.54) is 6.08 Å². The molecule has 0 aromatic rings. The number of carbonyl (C=O) groups excluding carboxylic acids is 1. The number of esters is 1. The van der Waals surface area contributed by atoms with E-state index in [1.54, 1.807) is 0 Å². The standard InChI is InChI=1S/C11H17O3/c1-4-11(12)14-9(3)6-10-5-8(2)13-7-10/h4,8-10H,1-2,5-7H2,3H3. The molecule has 1 rings (SSSR count). The van der Waals surface area contributed by atoms with Crippen molar-refractivity contribution < 1.29 is 14.3 Å². The van der Waals surface area contributed by atoms with Crippen molar-refractivity contribution in [3.05, 3.63) is 19.6 Å². The van der Waals surface area contributed by atoms with Gasteiger partial charge in [-0.05, 0) is 32.6 Å². The quantitative estimate of drug-likeness (QED) is 0.508. The van der Waals surface area contributed by atoms with E-state index < -0.39 is 0 Å². The van der Waals surface area contributed by atoms with Gasteiger partial charge in [0.25, 0.3) is 0 Å². The van der Waals surface area contributed by atoms with E-state index in [0.717, 1.165) is 19.4 Å². The van der Waals surface area contributed by atoms with Crippen molar-refractivity contribution in [2.75, 3.05) is 6.61 Å². The highest BCUT2D eigenvalue weighted by molar-refractivity contribution is 5.81. The normalized spacial score (nSPS) is 28.4. The second-order valence-electron chi connectivity index (χ2n) is 3.74. The average Bonchev–Trinajstić information content (AvgIpc) is 2.50. The fourth-order valence-corrected chi connectivity index (χ4v) is 1.71. The Kier molecular flexibility index (Phi) is 4.14. The van der Waals surface area contributed by atoms with Gasteiger partial charge in [-0.1, -0.05) is 6.58 Å². The lowest BCUT2D eigenvalue weighted by Gasteiger charge is -2.15. The van der Waals surface area contributed by atoms with E-state index in [4.69, 9.17) is 9.47 Å². The highest BCUT2D eigenvalue weighted by Crippen LogP contribution is 2.23. The summed E-state index contributed by atoms with van der Waals surface area (Å²) in [6.07, 6.45) is 3.01. The summed E-state index contributed by atoms with van der Waals surface area (Å²) in [6.45, 7) is 9.79. The van der Waals surface area contributed by atoms with Crippen molar-refractivity contribution in [2.24, 2.45) is 5.92 Å². The summed E-state index contributed by atoms with van der Waals surface area (Å²) in [6, 6.07) is 0. The molecule has 0 aromatic heterocycles. The van der Waals surface area contributed by atoms with Crippen molar-refractivity contribution in [1.82, 2.24) is 0 Å². The zero-order chi connectivity index (χ0) is 10.6. The van der Waals surface area contributed by atoms with Crippen molar-refractivity contribution in [1.29, 1.82) is 0 Å². The van der Waals surface area contributed by atoms with Gasteiger partial charge in [-0.2, -0.15) is 0 Å². The number of rotatable bonds is 4. The van der Waals surface area contributed by atoms with Crippen LogP contribution in [-0.4, -0.2) is 24.8 Å². The Balaban J connectivity index is 2.23. The van der Waals surface area contributed by atoms with Gasteiger partial charge < -0.3 is 9.47 Å². The minimum absolute atomic E-state index is 0.0700. The zero-order valence-electron chi connectivity index (χ0n) is 8.57. The molecule has 14 heavy (non-hydrogen) atoms. The molecular weight excluding hydrogens is 180 g/mol. The smallest absolute Gasteiger partial charge is 0.330 e. The van der Waals surface area contributed by atoms with Gasteiger partial charge in [0.2, 0.25) is 0 Å². The molecule has 0 spiro atoms. The second-order valence-corrected chi connectivity index (χ2v) is 3.74. The third kappa shape index (κ3) is 3.50. The van der Waals surface area contributed by atoms with E-state index in [-0.39, 0.29) is 18.2 Å². The Morgan fingerprint density at radius 2 is 2.50 bits per heavy atom. The summed E-state index contributed by atoms with van der Waals surface area (Å²) >= 11 is 0. The van der Waals surface area contributed by atoms with Gasteiger partial charge in [0, 0.05) is 12.7 Å². The van der Waals surface area contributed by atoms with Crippen LogP contribution in [0.2, 0.25) is 0 Å². The van der Waals surface area contributed by atoms with Crippen LogP contribution in [0.4, 0.5) is 0 Å². The largest absolute Gasteiger partial charge is 0.460 e. The molecule has 0 saturated carbocycles. The minimum Gasteiger partial charge on any atom is -0.460 e. The van der Waals surface area contributed by atoms with Gasteiger partial charge in [0.05, 0.1) is 12.2 Å².